The minimum Gasteiger partial charge on any atom is -0.453 e. The SMILES string of the molecule is COCON[C@H](C(=O)N1CCC[C@H]1c1ncc(-c2ccc(C#Cc3ccc(-c4cnc([C@@H]5CCCN5C(=O)[C@@H](NC(=O)OC)[C@@H](C)OC)[nH]4)cc3)cc2)[nH]1)[C@@H](C)OC. The maximum Gasteiger partial charge on any atom is 0.407 e. The molecule has 6 atom stereocenters. The van der Waals surface area contributed by atoms with Gasteiger partial charge in [0.25, 0.3) is 0 Å². The molecule has 6 rings (SSSR count). The molecule has 4 N–H and O–H groups in total. The molecule has 0 spiro atoms. The van der Waals surface area contributed by atoms with Crippen molar-refractivity contribution in [3.8, 4) is 34.4 Å². The van der Waals surface area contributed by atoms with Crippen molar-refractivity contribution in [3.63, 3.8) is 0 Å². The summed E-state index contributed by atoms with van der Waals surface area (Å²) in [5.74, 6) is 7.53. The predicted molar refractivity (Wildman–Crippen MR) is 214 cm³/mol. The van der Waals surface area contributed by atoms with Gasteiger partial charge in [-0.3, -0.25) is 14.4 Å². The smallest absolute Gasteiger partial charge is 0.407 e. The van der Waals surface area contributed by atoms with Crippen molar-refractivity contribution >= 4 is 17.9 Å². The largest absolute Gasteiger partial charge is 0.453 e. The van der Waals surface area contributed by atoms with Crippen LogP contribution in [0.25, 0.3) is 22.5 Å². The monoisotopic (exact) mass is 796 g/mol. The molecule has 16 heteroatoms. The fourth-order valence-electron chi connectivity index (χ4n) is 7.27. The first kappa shape index (κ1) is 42.0. The predicted octanol–water partition coefficient (Wildman–Crippen LogP) is 4.48. The molecule has 308 valence electrons. The molecule has 3 amide bonds. The Balaban J connectivity index is 1.07. The summed E-state index contributed by atoms with van der Waals surface area (Å²) in [6, 6.07) is 13.8. The number of hydroxylamine groups is 1. The molecule has 0 unspecified atom stereocenters. The Bertz CT molecular complexity index is 2060. The van der Waals surface area contributed by atoms with E-state index in [0.717, 1.165) is 65.1 Å². The van der Waals surface area contributed by atoms with Crippen LogP contribution < -0.4 is 10.8 Å². The second-order valence-electron chi connectivity index (χ2n) is 14.3. The number of alkyl carbamates (subject to hydrolysis) is 1. The lowest BCUT2D eigenvalue weighted by Gasteiger charge is -2.30. The standard InChI is InChI=1S/C42H52N8O8/c1-26(55-4)36(47-42(53)57-6)40(51)49-21-7-9-34(49)38-43-23-32(45-38)30-17-13-28(14-18-30)11-12-29-15-19-31(20-16-29)33-24-44-39(46-33)35-10-8-22-50(35)41(52)37(27(2)56-5)48-58-25-54-3/h13-20,23-24,26-27,34-37,48H,7-10,21-22,25H2,1-6H3,(H,43,45)(H,44,46)(H,47,53)/t26-,27-,34+,35+,36+,37+/m1/s1. The zero-order chi connectivity index (χ0) is 41.2. The van der Waals surface area contributed by atoms with Crippen LogP contribution in [0.5, 0.6) is 0 Å². The van der Waals surface area contributed by atoms with Gasteiger partial charge in [-0.2, -0.15) is 5.48 Å². The maximum absolute atomic E-state index is 13.6. The highest BCUT2D eigenvalue weighted by molar-refractivity contribution is 5.87. The summed E-state index contributed by atoms with van der Waals surface area (Å²) >= 11 is 0. The molecule has 2 aliphatic heterocycles. The molecule has 16 nitrogen and oxygen atoms in total. The third-order valence-corrected chi connectivity index (χ3v) is 10.7. The molecular weight excluding hydrogens is 745 g/mol. The second kappa shape index (κ2) is 19.7. The summed E-state index contributed by atoms with van der Waals surface area (Å²) in [6.07, 6.45) is 5.09. The number of aromatic nitrogens is 4. The van der Waals surface area contributed by atoms with Gasteiger partial charge in [-0.05, 0) is 74.9 Å². The van der Waals surface area contributed by atoms with Crippen LogP contribution in [0.2, 0.25) is 0 Å². The van der Waals surface area contributed by atoms with Crippen LogP contribution >= 0.6 is 0 Å². The lowest BCUT2D eigenvalue weighted by molar-refractivity contribution is -0.152. The summed E-state index contributed by atoms with van der Waals surface area (Å²) in [6.45, 7) is 4.70. The Labute approximate surface area is 338 Å². The van der Waals surface area contributed by atoms with Crippen LogP contribution in [-0.2, 0) is 33.4 Å². The Morgan fingerprint density at radius 3 is 1.66 bits per heavy atom. The number of aromatic amines is 2. The van der Waals surface area contributed by atoms with E-state index < -0.39 is 30.4 Å². The quantitative estimate of drug-likeness (QED) is 0.0576. The number of nitrogens with zero attached hydrogens (tertiary/aromatic N) is 4. The van der Waals surface area contributed by atoms with Gasteiger partial charge in [-0.25, -0.2) is 14.8 Å². The highest BCUT2D eigenvalue weighted by Gasteiger charge is 2.40. The number of carbonyl (C=O) groups excluding carboxylic acids is 3. The van der Waals surface area contributed by atoms with Crippen molar-refractivity contribution in [3.05, 3.63) is 83.7 Å². The number of likely N-dealkylation sites (tertiary alicyclic amines) is 2. The number of rotatable bonds is 15. The zero-order valence-corrected chi connectivity index (χ0v) is 33.7. The van der Waals surface area contributed by atoms with Gasteiger partial charge in [0.05, 0.1) is 55.2 Å². The molecule has 2 saturated heterocycles. The van der Waals surface area contributed by atoms with Crippen LogP contribution in [0, 0.1) is 11.8 Å². The molecule has 58 heavy (non-hydrogen) atoms. The zero-order valence-electron chi connectivity index (χ0n) is 33.7. The molecule has 4 heterocycles. The van der Waals surface area contributed by atoms with Crippen molar-refractivity contribution in [1.29, 1.82) is 0 Å². The van der Waals surface area contributed by atoms with Crippen molar-refractivity contribution in [2.75, 3.05) is 48.3 Å². The van der Waals surface area contributed by atoms with Gasteiger partial charge in [0.15, 0.2) is 6.79 Å². The first-order valence-electron chi connectivity index (χ1n) is 19.4. The van der Waals surface area contributed by atoms with Crippen LogP contribution in [0.15, 0.2) is 60.9 Å². The van der Waals surface area contributed by atoms with Crippen LogP contribution in [0.4, 0.5) is 4.79 Å². The van der Waals surface area contributed by atoms with Gasteiger partial charge in [-0.15, -0.1) is 0 Å². The Hall–Kier alpha value is -5.57. The van der Waals surface area contributed by atoms with Crippen molar-refractivity contribution in [1.82, 2.24) is 40.5 Å². The molecule has 0 bridgehead atoms. The van der Waals surface area contributed by atoms with Crippen molar-refractivity contribution < 1.29 is 38.2 Å². The normalized spacial score (nSPS) is 18.6. The molecule has 2 aromatic heterocycles. The van der Waals surface area contributed by atoms with E-state index in [1.807, 2.05) is 60.4 Å². The molecular formula is C42H52N8O8. The molecule has 0 radical (unpaired) electrons. The van der Waals surface area contributed by atoms with E-state index in [9.17, 15) is 14.4 Å². The van der Waals surface area contributed by atoms with E-state index in [0.29, 0.717) is 18.9 Å². The summed E-state index contributed by atoms with van der Waals surface area (Å²) in [5, 5.41) is 2.62. The van der Waals surface area contributed by atoms with E-state index in [4.69, 9.17) is 23.8 Å². The Morgan fingerprint density at radius 1 is 0.741 bits per heavy atom. The molecule has 4 aromatic rings. The lowest BCUT2D eigenvalue weighted by Crippen LogP contribution is -2.54. The number of amides is 3. The molecule has 0 aliphatic carbocycles. The van der Waals surface area contributed by atoms with Gasteiger partial charge in [0.2, 0.25) is 11.8 Å². The third-order valence-electron chi connectivity index (χ3n) is 10.7. The minimum atomic E-state index is -0.896. The van der Waals surface area contributed by atoms with Gasteiger partial charge < -0.3 is 44.0 Å². The van der Waals surface area contributed by atoms with Crippen LogP contribution in [0.3, 0.4) is 0 Å². The first-order valence-corrected chi connectivity index (χ1v) is 19.4. The summed E-state index contributed by atoms with van der Waals surface area (Å²) < 4.78 is 20.5. The molecule has 0 saturated carbocycles. The average Bonchev–Trinajstić information content (AvgIpc) is 4.10. The van der Waals surface area contributed by atoms with E-state index in [-0.39, 0.29) is 30.7 Å². The fraction of sp³-hybridized carbons (Fsp3) is 0.452. The minimum absolute atomic E-state index is 0.00207. The van der Waals surface area contributed by atoms with Crippen LogP contribution in [-0.4, -0.2) is 120 Å². The number of methoxy groups -OCH3 is 4. The van der Waals surface area contributed by atoms with E-state index in [1.54, 1.807) is 31.3 Å². The second-order valence-corrected chi connectivity index (χ2v) is 14.3. The summed E-state index contributed by atoms with van der Waals surface area (Å²) in [7, 11) is 5.83. The number of benzene rings is 2. The van der Waals surface area contributed by atoms with Crippen molar-refractivity contribution in [2.45, 2.75) is 75.9 Å². The molecule has 2 aliphatic rings. The fourth-order valence-corrected chi connectivity index (χ4v) is 7.27. The topological polar surface area (TPSA) is 185 Å². The van der Waals surface area contributed by atoms with Gasteiger partial charge in [0, 0.05) is 45.5 Å². The number of hydrogen-bond donors (Lipinski definition) is 4. The number of ether oxygens (including phenoxy) is 4. The highest BCUT2D eigenvalue weighted by Crippen LogP contribution is 2.34. The first-order chi connectivity index (χ1) is 28.1. The highest BCUT2D eigenvalue weighted by atomic mass is 16.8. The van der Waals surface area contributed by atoms with Crippen LogP contribution in [0.1, 0.15) is 74.4 Å². The van der Waals surface area contributed by atoms with E-state index in [2.05, 4.69) is 42.6 Å². The summed E-state index contributed by atoms with van der Waals surface area (Å²) in [5.41, 5.74) is 8.08. The van der Waals surface area contributed by atoms with Gasteiger partial charge >= 0.3 is 6.09 Å². The molecule has 2 aromatic carbocycles. The Kier molecular flexibility index (Phi) is 14.3. The summed E-state index contributed by atoms with van der Waals surface area (Å²) in [4.78, 5) is 64.2. The number of imidazole rings is 2. The number of carbonyl (C=O) groups is 3. The number of H-pyrrole nitrogens is 2. The van der Waals surface area contributed by atoms with Crippen molar-refractivity contribution in [2.24, 2.45) is 0 Å². The van der Waals surface area contributed by atoms with E-state index >= 15 is 0 Å². The number of hydrogen-bond acceptors (Lipinski definition) is 11. The van der Waals surface area contributed by atoms with E-state index in [1.165, 1.54) is 21.3 Å². The Morgan fingerprint density at radius 2 is 1.21 bits per heavy atom. The maximum atomic E-state index is 13.6. The molecule has 2 fully saturated rings. The van der Waals surface area contributed by atoms with Gasteiger partial charge in [0.1, 0.15) is 23.7 Å². The average molecular weight is 797 g/mol. The van der Waals surface area contributed by atoms with Gasteiger partial charge in [-0.1, -0.05) is 36.1 Å². The third kappa shape index (κ3) is 9.75. The number of nitrogens with one attached hydrogen (secondary N) is 4. The lowest BCUT2D eigenvalue weighted by atomic mass is 10.1.